The van der Waals surface area contributed by atoms with Crippen molar-refractivity contribution in [2.24, 2.45) is 0 Å². The van der Waals surface area contributed by atoms with Gasteiger partial charge in [0.05, 0.1) is 18.8 Å². The summed E-state index contributed by atoms with van der Waals surface area (Å²) in [7, 11) is 1.91. The van der Waals surface area contributed by atoms with Gasteiger partial charge < -0.3 is 25.0 Å². The van der Waals surface area contributed by atoms with E-state index in [2.05, 4.69) is 15.4 Å². The molecular weight excluding hydrogens is 423 g/mol. The van der Waals surface area contributed by atoms with E-state index in [4.69, 9.17) is 4.74 Å². The third-order valence-corrected chi connectivity index (χ3v) is 6.50. The van der Waals surface area contributed by atoms with Crippen molar-refractivity contribution in [3.8, 4) is 5.75 Å². The molecule has 0 bridgehead atoms. The van der Waals surface area contributed by atoms with Gasteiger partial charge in [0.1, 0.15) is 5.75 Å². The molecular formula is C23H34F3N3O3. The van der Waals surface area contributed by atoms with Crippen LogP contribution < -0.4 is 15.4 Å². The Morgan fingerprint density at radius 1 is 1.16 bits per heavy atom. The number of carbonyl (C=O) groups excluding carboxylic acids is 1. The van der Waals surface area contributed by atoms with Crippen molar-refractivity contribution >= 4 is 6.03 Å². The van der Waals surface area contributed by atoms with Crippen LogP contribution in [0.5, 0.6) is 5.75 Å². The molecule has 0 radical (unpaired) electrons. The van der Waals surface area contributed by atoms with Crippen LogP contribution in [0.3, 0.4) is 0 Å². The minimum Gasteiger partial charge on any atom is -0.405 e. The second-order valence-electron chi connectivity index (χ2n) is 8.53. The highest BCUT2D eigenvalue weighted by Gasteiger charge is 2.36. The van der Waals surface area contributed by atoms with Crippen LogP contribution in [0.1, 0.15) is 56.9 Å². The standard InChI is InChI=1S/C23H34F3N3O3/c1-3-28-22(30)29-14-6-8-19(27-2)20(29)15-31-17-12-10-16(11-13-17)18-7-4-5-9-21(18)32-23(24,25)26/h4-5,7,9,16-17,19-20,27H,3,6,8,10-15H2,1-2H3,(H,28,30)/t16?,17?,19?,20-/m0/s1. The van der Waals surface area contributed by atoms with Gasteiger partial charge in [0, 0.05) is 19.1 Å². The number of para-hydroxylation sites is 1. The second-order valence-corrected chi connectivity index (χ2v) is 8.53. The van der Waals surface area contributed by atoms with Gasteiger partial charge in [-0.2, -0.15) is 0 Å². The number of hydrogen-bond donors (Lipinski definition) is 2. The summed E-state index contributed by atoms with van der Waals surface area (Å²) in [5.41, 5.74) is 0.605. The molecule has 2 amide bonds. The Morgan fingerprint density at radius 3 is 2.53 bits per heavy atom. The Morgan fingerprint density at radius 2 is 1.88 bits per heavy atom. The minimum absolute atomic E-state index is 0.0139. The molecule has 2 N–H and O–H groups in total. The average Bonchev–Trinajstić information content (AvgIpc) is 2.77. The van der Waals surface area contributed by atoms with E-state index in [1.165, 1.54) is 6.07 Å². The Bertz CT molecular complexity index is 739. The van der Waals surface area contributed by atoms with Crippen molar-refractivity contribution < 1.29 is 27.4 Å². The number of rotatable bonds is 7. The second kappa shape index (κ2) is 11.2. The van der Waals surface area contributed by atoms with Crippen LogP contribution in [-0.2, 0) is 4.74 Å². The van der Waals surface area contributed by atoms with E-state index in [-0.39, 0.29) is 35.9 Å². The molecule has 0 spiro atoms. The molecule has 1 aliphatic heterocycles. The normalized spacial score (nSPS) is 26.6. The van der Waals surface area contributed by atoms with Gasteiger partial charge in [-0.3, -0.25) is 0 Å². The van der Waals surface area contributed by atoms with Gasteiger partial charge in [0.2, 0.25) is 0 Å². The van der Waals surface area contributed by atoms with Crippen LogP contribution in [-0.4, -0.2) is 62.2 Å². The summed E-state index contributed by atoms with van der Waals surface area (Å²) in [5, 5.41) is 6.20. The number of nitrogens with one attached hydrogen (secondary N) is 2. The molecule has 2 atom stereocenters. The maximum atomic E-state index is 12.7. The first-order valence-electron chi connectivity index (χ1n) is 11.5. The fraction of sp³-hybridized carbons (Fsp3) is 0.696. The summed E-state index contributed by atoms with van der Waals surface area (Å²) in [6.07, 6.45) is 0.291. The van der Waals surface area contributed by atoms with Crippen molar-refractivity contribution in [2.75, 3.05) is 26.7 Å². The van der Waals surface area contributed by atoms with Gasteiger partial charge in [-0.15, -0.1) is 13.2 Å². The monoisotopic (exact) mass is 457 g/mol. The lowest BCUT2D eigenvalue weighted by molar-refractivity contribution is -0.275. The maximum absolute atomic E-state index is 12.7. The molecule has 2 aliphatic rings. The number of urea groups is 1. The fourth-order valence-electron chi connectivity index (χ4n) is 4.92. The number of benzene rings is 1. The van der Waals surface area contributed by atoms with Crippen molar-refractivity contribution in [1.29, 1.82) is 0 Å². The van der Waals surface area contributed by atoms with Crippen LogP contribution in [0, 0.1) is 0 Å². The molecule has 1 aliphatic carbocycles. The molecule has 1 aromatic rings. The average molecular weight is 458 g/mol. The van der Waals surface area contributed by atoms with E-state index in [0.29, 0.717) is 25.3 Å². The predicted molar refractivity (Wildman–Crippen MR) is 116 cm³/mol. The van der Waals surface area contributed by atoms with E-state index in [1.807, 2.05) is 18.9 Å². The maximum Gasteiger partial charge on any atom is 0.573 e. The minimum atomic E-state index is -4.70. The smallest absolute Gasteiger partial charge is 0.405 e. The first-order chi connectivity index (χ1) is 15.3. The summed E-state index contributed by atoms with van der Waals surface area (Å²) in [5.74, 6) is -0.0963. The number of nitrogens with zero attached hydrogens (tertiary/aromatic N) is 1. The Hall–Kier alpha value is -2.00. The fourth-order valence-corrected chi connectivity index (χ4v) is 4.92. The third-order valence-electron chi connectivity index (χ3n) is 6.50. The number of likely N-dealkylation sites (N-methyl/N-ethyl adjacent to an activating group) is 1. The third kappa shape index (κ3) is 6.51. The van der Waals surface area contributed by atoms with Gasteiger partial charge in [-0.05, 0) is 70.0 Å². The summed E-state index contributed by atoms with van der Waals surface area (Å²) in [6, 6.07) is 6.47. The van der Waals surface area contributed by atoms with Crippen LogP contribution in [0.15, 0.2) is 24.3 Å². The molecule has 1 unspecified atom stereocenters. The molecule has 9 heteroatoms. The number of amides is 2. The number of piperidine rings is 1. The van der Waals surface area contributed by atoms with E-state index in [0.717, 1.165) is 38.5 Å². The van der Waals surface area contributed by atoms with Gasteiger partial charge >= 0.3 is 12.4 Å². The highest BCUT2D eigenvalue weighted by Crippen LogP contribution is 2.40. The van der Waals surface area contributed by atoms with Crippen molar-refractivity contribution in [3.63, 3.8) is 0 Å². The Kier molecular flexibility index (Phi) is 8.64. The molecule has 2 fully saturated rings. The highest BCUT2D eigenvalue weighted by molar-refractivity contribution is 5.74. The number of likely N-dealkylation sites (tertiary alicyclic amines) is 1. The van der Waals surface area contributed by atoms with Crippen LogP contribution in [0.4, 0.5) is 18.0 Å². The molecule has 180 valence electrons. The summed E-state index contributed by atoms with van der Waals surface area (Å²) in [4.78, 5) is 14.4. The Balaban J connectivity index is 1.56. The molecule has 32 heavy (non-hydrogen) atoms. The lowest BCUT2D eigenvalue weighted by Gasteiger charge is -2.42. The van der Waals surface area contributed by atoms with Crippen LogP contribution in [0.2, 0.25) is 0 Å². The van der Waals surface area contributed by atoms with Crippen molar-refractivity contribution in [3.05, 3.63) is 29.8 Å². The molecule has 1 aromatic carbocycles. The number of hydrogen-bond acceptors (Lipinski definition) is 4. The molecule has 0 aromatic heterocycles. The van der Waals surface area contributed by atoms with Crippen molar-refractivity contribution in [1.82, 2.24) is 15.5 Å². The number of alkyl halides is 3. The summed E-state index contributed by atoms with van der Waals surface area (Å²) < 4.78 is 48.7. The quantitative estimate of drug-likeness (QED) is 0.637. The highest BCUT2D eigenvalue weighted by atomic mass is 19.4. The lowest BCUT2D eigenvalue weighted by Crippen LogP contribution is -2.59. The SMILES string of the molecule is CCNC(=O)N1CCCC(NC)[C@@H]1COC1CCC(c2ccccc2OC(F)(F)F)CC1. The van der Waals surface area contributed by atoms with E-state index in [9.17, 15) is 18.0 Å². The topological polar surface area (TPSA) is 62.8 Å². The van der Waals surface area contributed by atoms with Gasteiger partial charge in [-0.25, -0.2) is 4.79 Å². The lowest BCUT2D eigenvalue weighted by atomic mass is 9.82. The van der Waals surface area contributed by atoms with E-state index < -0.39 is 6.36 Å². The zero-order chi connectivity index (χ0) is 23.1. The van der Waals surface area contributed by atoms with E-state index in [1.54, 1.807) is 18.2 Å². The molecule has 3 rings (SSSR count). The number of carbonyl (C=O) groups is 1. The molecule has 6 nitrogen and oxygen atoms in total. The molecule has 1 saturated carbocycles. The zero-order valence-electron chi connectivity index (χ0n) is 18.8. The van der Waals surface area contributed by atoms with Gasteiger partial charge in [0.15, 0.2) is 0 Å². The van der Waals surface area contributed by atoms with Crippen LogP contribution in [0.25, 0.3) is 0 Å². The molecule has 1 saturated heterocycles. The first-order valence-corrected chi connectivity index (χ1v) is 11.5. The Labute approximate surface area is 187 Å². The summed E-state index contributed by atoms with van der Waals surface area (Å²) in [6.45, 7) is 3.64. The first kappa shape index (κ1) is 24.6. The van der Waals surface area contributed by atoms with Gasteiger partial charge in [-0.1, -0.05) is 18.2 Å². The predicted octanol–water partition coefficient (Wildman–Crippen LogP) is 4.41. The zero-order valence-corrected chi connectivity index (χ0v) is 18.8. The van der Waals surface area contributed by atoms with Crippen LogP contribution >= 0.6 is 0 Å². The number of ether oxygens (including phenoxy) is 2. The van der Waals surface area contributed by atoms with E-state index >= 15 is 0 Å². The largest absolute Gasteiger partial charge is 0.573 e. The molecule has 1 heterocycles. The summed E-state index contributed by atoms with van der Waals surface area (Å²) >= 11 is 0. The number of halogens is 3. The van der Waals surface area contributed by atoms with Gasteiger partial charge in [0.25, 0.3) is 0 Å². The van der Waals surface area contributed by atoms with Crippen molar-refractivity contribution in [2.45, 2.75) is 75.9 Å².